The first kappa shape index (κ1) is 18.1. The summed E-state index contributed by atoms with van der Waals surface area (Å²) in [5, 5.41) is 7.97. The first-order valence-corrected chi connectivity index (χ1v) is 8.12. The highest BCUT2D eigenvalue weighted by Crippen LogP contribution is 2.15. The van der Waals surface area contributed by atoms with Crippen LogP contribution in [-0.4, -0.2) is 40.6 Å². The van der Waals surface area contributed by atoms with Crippen molar-refractivity contribution in [1.29, 1.82) is 0 Å². The minimum Gasteiger partial charge on any atom is -0.380 e. The van der Waals surface area contributed by atoms with Crippen LogP contribution >= 0.6 is 0 Å². The molecule has 122 valence electrons. The second-order valence-corrected chi connectivity index (χ2v) is 6.46. The van der Waals surface area contributed by atoms with Gasteiger partial charge in [-0.2, -0.15) is 5.10 Å². The summed E-state index contributed by atoms with van der Waals surface area (Å²) in [6.45, 7) is 12.9. The van der Waals surface area contributed by atoms with Gasteiger partial charge in [-0.1, -0.05) is 34.6 Å². The fourth-order valence-corrected chi connectivity index (χ4v) is 2.68. The van der Waals surface area contributed by atoms with Crippen LogP contribution < -0.4 is 5.32 Å². The van der Waals surface area contributed by atoms with Gasteiger partial charge in [-0.3, -0.25) is 0 Å². The zero-order chi connectivity index (χ0) is 15.8. The Labute approximate surface area is 129 Å². The Balaban J connectivity index is 2.82. The molecule has 0 aromatic carbocycles. The van der Waals surface area contributed by atoms with E-state index in [1.54, 1.807) is 13.4 Å². The van der Waals surface area contributed by atoms with E-state index in [0.29, 0.717) is 11.8 Å². The molecular formula is C16H32N4O. The normalized spacial score (nSPS) is 14.9. The van der Waals surface area contributed by atoms with Crippen molar-refractivity contribution in [2.24, 2.45) is 11.8 Å². The molecule has 5 nitrogen and oxygen atoms in total. The molecular weight excluding hydrogens is 264 g/mol. The fourth-order valence-electron chi connectivity index (χ4n) is 2.68. The summed E-state index contributed by atoms with van der Waals surface area (Å²) < 4.78 is 7.75. The van der Waals surface area contributed by atoms with Crippen molar-refractivity contribution in [3.05, 3.63) is 12.2 Å². The van der Waals surface area contributed by atoms with Crippen LogP contribution in [-0.2, 0) is 17.7 Å². The van der Waals surface area contributed by atoms with Gasteiger partial charge in [0.2, 0.25) is 0 Å². The Bertz CT molecular complexity index is 389. The number of hydrogen-bond acceptors (Lipinski definition) is 4. The Hall–Kier alpha value is -0.940. The summed E-state index contributed by atoms with van der Waals surface area (Å²) in [4.78, 5) is 4.45. The van der Waals surface area contributed by atoms with E-state index in [2.05, 4.69) is 50.0 Å². The van der Waals surface area contributed by atoms with Gasteiger partial charge in [-0.25, -0.2) is 9.67 Å². The van der Waals surface area contributed by atoms with Gasteiger partial charge in [0.15, 0.2) is 0 Å². The summed E-state index contributed by atoms with van der Waals surface area (Å²) in [6.07, 6.45) is 3.81. The van der Waals surface area contributed by atoms with E-state index in [9.17, 15) is 0 Å². The number of methoxy groups -OCH3 is 1. The molecule has 0 saturated heterocycles. The summed E-state index contributed by atoms with van der Waals surface area (Å²) >= 11 is 0. The van der Waals surface area contributed by atoms with Crippen molar-refractivity contribution in [3.8, 4) is 0 Å². The third-order valence-corrected chi connectivity index (χ3v) is 3.62. The van der Waals surface area contributed by atoms with Crippen LogP contribution in [0.5, 0.6) is 0 Å². The number of nitrogens with zero attached hydrogens (tertiary/aromatic N) is 3. The lowest BCUT2D eigenvalue weighted by Gasteiger charge is -2.30. The minimum absolute atomic E-state index is 0.181. The number of aromatic nitrogens is 3. The molecule has 0 amide bonds. The van der Waals surface area contributed by atoms with Crippen LogP contribution in [0.25, 0.3) is 0 Å². The Morgan fingerprint density at radius 3 is 2.52 bits per heavy atom. The van der Waals surface area contributed by atoms with E-state index >= 15 is 0 Å². The van der Waals surface area contributed by atoms with Crippen molar-refractivity contribution in [2.45, 2.75) is 66.2 Å². The van der Waals surface area contributed by atoms with Gasteiger partial charge in [0.05, 0.1) is 6.10 Å². The fraction of sp³-hybridized carbons (Fsp3) is 0.875. The highest BCUT2D eigenvalue weighted by atomic mass is 16.5. The van der Waals surface area contributed by atoms with Crippen molar-refractivity contribution >= 4 is 0 Å². The lowest BCUT2D eigenvalue weighted by Crippen LogP contribution is -2.46. The van der Waals surface area contributed by atoms with Crippen molar-refractivity contribution in [2.75, 3.05) is 13.7 Å². The van der Waals surface area contributed by atoms with Crippen molar-refractivity contribution < 1.29 is 4.74 Å². The van der Waals surface area contributed by atoms with E-state index < -0.39 is 0 Å². The highest BCUT2D eigenvalue weighted by molar-refractivity contribution is 4.94. The van der Waals surface area contributed by atoms with Crippen LogP contribution in [0.3, 0.4) is 0 Å². The standard InChI is InChI=1S/C16H32N4O/c1-7-8-17-14(16(21-6)13(4)5)9-15-18-11-19-20(15)10-12(2)3/h11-14,16-17H,7-10H2,1-6H3. The average Bonchev–Trinajstić information content (AvgIpc) is 2.82. The molecule has 2 unspecified atom stereocenters. The smallest absolute Gasteiger partial charge is 0.138 e. The second kappa shape index (κ2) is 9.15. The number of hydrogen-bond donors (Lipinski definition) is 1. The molecule has 2 atom stereocenters. The van der Waals surface area contributed by atoms with Gasteiger partial charge < -0.3 is 10.1 Å². The lowest BCUT2D eigenvalue weighted by atomic mass is 9.96. The Morgan fingerprint density at radius 2 is 2.00 bits per heavy atom. The lowest BCUT2D eigenvalue weighted by molar-refractivity contribution is 0.0324. The molecule has 0 aliphatic carbocycles. The van der Waals surface area contributed by atoms with Gasteiger partial charge in [0, 0.05) is 26.1 Å². The van der Waals surface area contributed by atoms with Gasteiger partial charge in [0.25, 0.3) is 0 Å². The summed E-state index contributed by atoms with van der Waals surface area (Å²) in [5.41, 5.74) is 0. The maximum absolute atomic E-state index is 5.72. The maximum Gasteiger partial charge on any atom is 0.138 e. The summed E-state index contributed by atoms with van der Waals surface area (Å²) in [6, 6.07) is 0.269. The number of rotatable bonds is 10. The molecule has 5 heteroatoms. The van der Waals surface area contributed by atoms with Crippen LogP contribution in [0.15, 0.2) is 6.33 Å². The monoisotopic (exact) mass is 296 g/mol. The van der Waals surface area contributed by atoms with Crippen LogP contribution in [0.4, 0.5) is 0 Å². The Morgan fingerprint density at radius 1 is 1.29 bits per heavy atom. The highest BCUT2D eigenvalue weighted by Gasteiger charge is 2.25. The second-order valence-electron chi connectivity index (χ2n) is 6.46. The van der Waals surface area contributed by atoms with Gasteiger partial charge in [-0.15, -0.1) is 0 Å². The van der Waals surface area contributed by atoms with E-state index in [0.717, 1.165) is 31.8 Å². The molecule has 1 N–H and O–H groups in total. The van der Waals surface area contributed by atoms with E-state index in [1.165, 1.54) is 0 Å². The maximum atomic E-state index is 5.72. The number of ether oxygens (including phenoxy) is 1. The molecule has 0 saturated carbocycles. The molecule has 0 aliphatic rings. The third kappa shape index (κ3) is 5.75. The molecule has 1 aromatic heterocycles. The first-order valence-electron chi connectivity index (χ1n) is 8.12. The molecule has 0 spiro atoms. The molecule has 1 aromatic rings. The minimum atomic E-state index is 0.181. The van der Waals surface area contributed by atoms with E-state index in [-0.39, 0.29) is 12.1 Å². The number of nitrogens with one attached hydrogen (secondary N) is 1. The zero-order valence-corrected chi connectivity index (χ0v) is 14.5. The van der Waals surface area contributed by atoms with Gasteiger partial charge in [0.1, 0.15) is 12.2 Å². The molecule has 0 bridgehead atoms. The third-order valence-electron chi connectivity index (χ3n) is 3.62. The quantitative estimate of drug-likeness (QED) is 0.721. The van der Waals surface area contributed by atoms with Gasteiger partial charge in [-0.05, 0) is 24.8 Å². The predicted molar refractivity (Wildman–Crippen MR) is 86.3 cm³/mol. The summed E-state index contributed by atoms with van der Waals surface area (Å²) in [5.74, 6) is 2.07. The molecule has 0 aliphatic heterocycles. The van der Waals surface area contributed by atoms with Gasteiger partial charge >= 0.3 is 0 Å². The van der Waals surface area contributed by atoms with E-state index in [1.807, 2.05) is 4.68 Å². The molecule has 1 heterocycles. The molecule has 0 radical (unpaired) electrons. The van der Waals surface area contributed by atoms with Crippen LogP contribution in [0, 0.1) is 11.8 Å². The average molecular weight is 296 g/mol. The summed E-state index contributed by atoms with van der Waals surface area (Å²) in [7, 11) is 1.80. The first-order chi connectivity index (χ1) is 9.99. The van der Waals surface area contributed by atoms with Crippen LogP contribution in [0.2, 0.25) is 0 Å². The van der Waals surface area contributed by atoms with Crippen LogP contribution in [0.1, 0.15) is 46.9 Å². The molecule has 21 heavy (non-hydrogen) atoms. The SMILES string of the molecule is CCCNC(Cc1ncnn1CC(C)C)C(OC)C(C)C. The predicted octanol–water partition coefficient (Wildman–Crippen LogP) is 2.52. The van der Waals surface area contributed by atoms with E-state index in [4.69, 9.17) is 4.74 Å². The molecule has 0 fully saturated rings. The molecule has 1 rings (SSSR count). The van der Waals surface area contributed by atoms with Crippen molar-refractivity contribution in [1.82, 2.24) is 20.1 Å². The zero-order valence-electron chi connectivity index (χ0n) is 14.5. The topological polar surface area (TPSA) is 52.0 Å². The largest absolute Gasteiger partial charge is 0.380 e. The Kier molecular flexibility index (Phi) is 7.89. The van der Waals surface area contributed by atoms with Crippen molar-refractivity contribution in [3.63, 3.8) is 0 Å².